The summed E-state index contributed by atoms with van der Waals surface area (Å²) in [4.78, 5) is 17.6. The Bertz CT molecular complexity index is 571. The molecule has 94 valence electrons. The van der Waals surface area contributed by atoms with Crippen molar-refractivity contribution in [3.05, 3.63) is 20.0 Å². The number of nitrogens with zero attached hydrogens (tertiary/aromatic N) is 3. The van der Waals surface area contributed by atoms with Crippen molar-refractivity contribution in [2.75, 3.05) is 5.32 Å². The molecule has 8 heteroatoms. The molecule has 2 aromatic rings. The first-order chi connectivity index (χ1) is 8.72. The van der Waals surface area contributed by atoms with Gasteiger partial charge >= 0.3 is 0 Å². The molecule has 1 N–H and O–H groups in total. The molecule has 0 aromatic carbocycles. The number of fused-ring (bicyclic) bond motifs is 1. The third-order valence-corrected chi connectivity index (χ3v) is 4.75. The average Bonchev–Trinajstić information content (AvgIpc) is 2.94. The van der Waals surface area contributed by atoms with E-state index in [0.717, 1.165) is 29.9 Å². The average molecular weight is 301 g/mol. The Morgan fingerprint density at radius 3 is 2.78 bits per heavy atom. The molecular formula is C10H9ClN4OS2. The van der Waals surface area contributed by atoms with Gasteiger partial charge in [-0.15, -0.1) is 21.5 Å². The lowest BCUT2D eigenvalue weighted by molar-refractivity contribution is 0.102. The molecule has 0 saturated carbocycles. The third kappa shape index (κ3) is 2.38. The van der Waals surface area contributed by atoms with Crippen LogP contribution in [0.4, 0.5) is 5.13 Å². The molecule has 0 fully saturated rings. The number of carbonyl (C=O) groups is 1. The van der Waals surface area contributed by atoms with E-state index in [0.29, 0.717) is 5.13 Å². The first-order valence-electron chi connectivity index (χ1n) is 5.51. The number of halogens is 1. The zero-order chi connectivity index (χ0) is 12.5. The quantitative estimate of drug-likeness (QED) is 0.926. The Morgan fingerprint density at radius 2 is 2.06 bits per heavy atom. The molecule has 0 unspecified atom stereocenters. The molecule has 2 heterocycles. The molecule has 1 amide bonds. The van der Waals surface area contributed by atoms with Crippen molar-refractivity contribution in [1.82, 2.24) is 15.2 Å². The van der Waals surface area contributed by atoms with Gasteiger partial charge in [-0.05, 0) is 37.3 Å². The summed E-state index contributed by atoms with van der Waals surface area (Å²) in [5.74, 6) is -0.300. The molecule has 0 bridgehead atoms. The van der Waals surface area contributed by atoms with Crippen molar-refractivity contribution < 1.29 is 4.79 Å². The minimum absolute atomic E-state index is 0.258. The summed E-state index contributed by atoms with van der Waals surface area (Å²) in [6, 6.07) is 0. The highest BCUT2D eigenvalue weighted by atomic mass is 35.5. The minimum Gasteiger partial charge on any atom is -0.296 e. The maximum Gasteiger partial charge on any atom is 0.288 e. The predicted octanol–water partition coefficient (Wildman–Crippen LogP) is 2.78. The number of thiazole rings is 1. The molecule has 1 aliphatic rings. The molecule has 2 aromatic heterocycles. The fraction of sp³-hybridized carbons (Fsp3) is 0.400. The smallest absolute Gasteiger partial charge is 0.288 e. The van der Waals surface area contributed by atoms with Crippen LogP contribution in [0, 0.1) is 0 Å². The van der Waals surface area contributed by atoms with Crippen LogP contribution in [-0.2, 0) is 12.8 Å². The molecule has 1 aliphatic carbocycles. The topological polar surface area (TPSA) is 67.8 Å². The van der Waals surface area contributed by atoms with Crippen LogP contribution < -0.4 is 5.32 Å². The number of rotatable bonds is 2. The van der Waals surface area contributed by atoms with Crippen molar-refractivity contribution in [1.29, 1.82) is 0 Å². The number of aromatic nitrogens is 3. The van der Waals surface area contributed by atoms with Crippen LogP contribution in [-0.4, -0.2) is 21.1 Å². The molecule has 3 rings (SSSR count). The molecule has 0 radical (unpaired) electrons. The first kappa shape index (κ1) is 12.0. The van der Waals surface area contributed by atoms with Gasteiger partial charge in [-0.3, -0.25) is 10.1 Å². The lowest BCUT2D eigenvalue weighted by Crippen LogP contribution is -2.11. The number of hydrogen-bond acceptors (Lipinski definition) is 6. The van der Waals surface area contributed by atoms with Crippen LogP contribution in [0.3, 0.4) is 0 Å². The van der Waals surface area contributed by atoms with E-state index >= 15 is 0 Å². The first-order valence-corrected chi connectivity index (χ1v) is 7.52. The summed E-state index contributed by atoms with van der Waals surface area (Å²) in [7, 11) is 0. The molecule has 0 aliphatic heterocycles. The van der Waals surface area contributed by atoms with Crippen LogP contribution in [0.2, 0.25) is 4.47 Å². The molecule has 18 heavy (non-hydrogen) atoms. The van der Waals surface area contributed by atoms with Crippen LogP contribution >= 0.6 is 34.3 Å². The number of aryl methyl sites for hydroxylation is 2. The van der Waals surface area contributed by atoms with Gasteiger partial charge in [-0.25, -0.2) is 4.98 Å². The lowest BCUT2D eigenvalue weighted by atomic mass is 10.0. The molecule has 0 saturated heterocycles. The summed E-state index contributed by atoms with van der Waals surface area (Å²) in [5.41, 5.74) is 1.12. The van der Waals surface area contributed by atoms with Gasteiger partial charge in [0.25, 0.3) is 5.91 Å². The fourth-order valence-electron chi connectivity index (χ4n) is 1.85. The number of carbonyl (C=O) groups excluding carboxylic acids is 1. The van der Waals surface area contributed by atoms with E-state index in [1.54, 1.807) is 11.3 Å². The van der Waals surface area contributed by atoms with E-state index in [1.165, 1.54) is 17.7 Å². The van der Waals surface area contributed by atoms with E-state index < -0.39 is 0 Å². The van der Waals surface area contributed by atoms with E-state index in [4.69, 9.17) is 11.6 Å². The van der Waals surface area contributed by atoms with Gasteiger partial charge < -0.3 is 0 Å². The highest BCUT2D eigenvalue weighted by molar-refractivity contribution is 7.17. The predicted molar refractivity (Wildman–Crippen MR) is 71.6 cm³/mol. The Kier molecular flexibility index (Phi) is 3.27. The zero-order valence-corrected chi connectivity index (χ0v) is 11.7. The van der Waals surface area contributed by atoms with Crippen molar-refractivity contribution in [3.8, 4) is 0 Å². The molecular weight excluding hydrogens is 292 g/mol. The zero-order valence-electron chi connectivity index (χ0n) is 9.27. The van der Waals surface area contributed by atoms with Crippen LogP contribution in [0.25, 0.3) is 0 Å². The fourth-order valence-corrected chi connectivity index (χ4v) is 3.62. The summed E-state index contributed by atoms with van der Waals surface area (Å²) in [6.45, 7) is 0. The van der Waals surface area contributed by atoms with Crippen molar-refractivity contribution in [2.45, 2.75) is 25.7 Å². The van der Waals surface area contributed by atoms with Gasteiger partial charge in [0, 0.05) is 4.88 Å². The standard InChI is InChI=1S/C10H9ClN4OS2/c11-9-15-14-8(18-9)7(16)13-10-12-5-3-1-2-4-6(5)17-10/h1-4H2,(H,12,13,16). The SMILES string of the molecule is O=C(Nc1nc2c(s1)CCCC2)c1nnc(Cl)s1. The van der Waals surface area contributed by atoms with Crippen LogP contribution in [0.15, 0.2) is 0 Å². The van der Waals surface area contributed by atoms with E-state index in [9.17, 15) is 4.79 Å². The van der Waals surface area contributed by atoms with Crippen molar-refractivity contribution in [2.24, 2.45) is 0 Å². The number of amides is 1. The normalized spacial score (nSPS) is 14.3. The van der Waals surface area contributed by atoms with Crippen LogP contribution in [0.1, 0.15) is 33.2 Å². The molecule has 5 nitrogen and oxygen atoms in total. The van der Waals surface area contributed by atoms with Gasteiger partial charge in [0.2, 0.25) is 9.47 Å². The van der Waals surface area contributed by atoms with E-state index in [1.807, 2.05) is 0 Å². The summed E-state index contributed by atoms with van der Waals surface area (Å²) in [5, 5.41) is 10.9. The van der Waals surface area contributed by atoms with Gasteiger partial charge in [0.1, 0.15) is 0 Å². The summed E-state index contributed by atoms with van der Waals surface area (Å²) < 4.78 is 0.263. The Labute approximate surface area is 116 Å². The van der Waals surface area contributed by atoms with Crippen LogP contribution in [0.5, 0.6) is 0 Å². The minimum atomic E-state index is -0.300. The van der Waals surface area contributed by atoms with Gasteiger partial charge in [0.05, 0.1) is 5.69 Å². The number of hydrogen-bond donors (Lipinski definition) is 1. The summed E-state index contributed by atoms with van der Waals surface area (Å²) in [6.07, 6.45) is 4.45. The highest BCUT2D eigenvalue weighted by Crippen LogP contribution is 2.29. The second-order valence-corrected chi connectivity index (χ2v) is 6.55. The second-order valence-electron chi connectivity index (χ2n) is 3.91. The van der Waals surface area contributed by atoms with E-state index in [2.05, 4.69) is 20.5 Å². The Hall–Kier alpha value is -1.05. The van der Waals surface area contributed by atoms with Gasteiger partial charge in [0.15, 0.2) is 5.13 Å². The maximum absolute atomic E-state index is 11.8. The largest absolute Gasteiger partial charge is 0.296 e. The van der Waals surface area contributed by atoms with Crippen molar-refractivity contribution >= 4 is 45.3 Å². The van der Waals surface area contributed by atoms with Gasteiger partial charge in [-0.1, -0.05) is 11.3 Å². The monoisotopic (exact) mass is 300 g/mol. The second kappa shape index (κ2) is 4.91. The van der Waals surface area contributed by atoms with E-state index in [-0.39, 0.29) is 15.4 Å². The highest BCUT2D eigenvalue weighted by Gasteiger charge is 2.18. The summed E-state index contributed by atoms with van der Waals surface area (Å²) >= 11 is 8.25. The lowest BCUT2D eigenvalue weighted by Gasteiger charge is -2.06. The maximum atomic E-state index is 11.8. The number of nitrogens with one attached hydrogen (secondary N) is 1. The molecule has 0 spiro atoms. The third-order valence-electron chi connectivity index (χ3n) is 2.66. The van der Waals surface area contributed by atoms with Crippen molar-refractivity contribution in [3.63, 3.8) is 0 Å². The van der Waals surface area contributed by atoms with Gasteiger partial charge in [-0.2, -0.15) is 0 Å². The number of anilines is 1. The Morgan fingerprint density at radius 1 is 1.22 bits per heavy atom. The Balaban J connectivity index is 1.76. The molecule has 0 atom stereocenters.